The van der Waals surface area contributed by atoms with E-state index in [4.69, 9.17) is 9.47 Å². The predicted octanol–water partition coefficient (Wildman–Crippen LogP) is 2.74. The van der Waals surface area contributed by atoms with Crippen molar-refractivity contribution in [1.82, 2.24) is 4.90 Å². The fraction of sp³-hybridized carbons (Fsp3) is 0.333. The lowest BCUT2D eigenvalue weighted by Crippen LogP contribution is -2.37. The summed E-state index contributed by atoms with van der Waals surface area (Å²) in [6, 6.07) is 14.2. The lowest BCUT2D eigenvalue weighted by Gasteiger charge is -2.26. The predicted molar refractivity (Wildman–Crippen MR) is 103 cm³/mol. The average Bonchev–Trinajstić information content (AvgIpc) is 2.69. The number of amides is 1. The zero-order chi connectivity index (χ0) is 19.1. The smallest absolute Gasteiger partial charge is 0.343 e. The highest BCUT2D eigenvalue weighted by Crippen LogP contribution is 2.17. The molecule has 0 bridgehead atoms. The van der Waals surface area contributed by atoms with Crippen molar-refractivity contribution in [3.8, 4) is 5.75 Å². The van der Waals surface area contributed by atoms with Gasteiger partial charge in [-0.3, -0.25) is 9.69 Å². The van der Waals surface area contributed by atoms with Gasteiger partial charge in [-0.05, 0) is 48.4 Å². The zero-order valence-electron chi connectivity index (χ0n) is 15.4. The fourth-order valence-corrected chi connectivity index (χ4v) is 2.90. The van der Waals surface area contributed by atoms with Gasteiger partial charge in [0.15, 0.2) is 0 Å². The van der Waals surface area contributed by atoms with Crippen LogP contribution in [0.3, 0.4) is 0 Å². The van der Waals surface area contributed by atoms with E-state index in [0.717, 1.165) is 39.3 Å². The highest BCUT2D eigenvalue weighted by atomic mass is 16.5. The molecule has 142 valence electrons. The first-order valence-corrected chi connectivity index (χ1v) is 9.09. The van der Waals surface area contributed by atoms with Gasteiger partial charge in [-0.15, -0.1) is 0 Å². The lowest BCUT2D eigenvalue weighted by molar-refractivity contribution is -0.114. The SMILES string of the molecule is CC(=O)Nc1ccc(OC(=O)c2ccc(CCN3CCOCC3)cc2)cc1. The Balaban J connectivity index is 1.51. The largest absolute Gasteiger partial charge is 0.423 e. The van der Waals surface area contributed by atoms with Crippen LogP contribution in [0.25, 0.3) is 0 Å². The quantitative estimate of drug-likeness (QED) is 0.627. The molecule has 1 amide bonds. The molecule has 6 nitrogen and oxygen atoms in total. The zero-order valence-corrected chi connectivity index (χ0v) is 15.4. The second-order valence-corrected chi connectivity index (χ2v) is 6.50. The molecule has 3 rings (SSSR count). The van der Waals surface area contributed by atoms with E-state index in [1.54, 1.807) is 36.4 Å². The Kier molecular flexibility index (Phi) is 6.57. The molecule has 1 saturated heterocycles. The Bertz CT molecular complexity index is 766. The van der Waals surface area contributed by atoms with Crippen LogP contribution in [0.2, 0.25) is 0 Å². The summed E-state index contributed by atoms with van der Waals surface area (Å²) in [5.41, 5.74) is 2.36. The number of ether oxygens (including phenoxy) is 2. The maximum absolute atomic E-state index is 12.3. The second-order valence-electron chi connectivity index (χ2n) is 6.50. The van der Waals surface area contributed by atoms with E-state index in [2.05, 4.69) is 10.2 Å². The Morgan fingerprint density at radius 1 is 1.04 bits per heavy atom. The van der Waals surface area contributed by atoms with Crippen molar-refractivity contribution in [1.29, 1.82) is 0 Å². The van der Waals surface area contributed by atoms with Crippen LogP contribution in [-0.2, 0) is 16.0 Å². The van der Waals surface area contributed by atoms with Crippen LogP contribution in [0.4, 0.5) is 5.69 Å². The summed E-state index contributed by atoms with van der Waals surface area (Å²) in [6.45, 7) is 6.00. The summed E-state index contributed by atoms with van der Waals surface area (Å²) in [6.07, 6.45) is 0.944. The van der Waals surface area contributed by atoms with Crippen LogP contribution in [0.1, 0.15) is 22.8 Å². The number of esters is 1. The van der Waals surface area contributed by atoms with Crippen molar-refractivity contribution >= 4 is 17.6 Å². The van der Waals surface area contributed by atoms with Gasteiger partial charge in [-0.2, -0.15) is 0 Å². The van der Waals surface area contributed by atoms with Gasteiger partial charge in [0.25, 0.3) is 0 Å². The molecular formula is C21H24N2O4. The van der Waals surface area contributed by atoms with Gasteiger partial charge in [0.1, 0.15) is 5.75 Å². The number of benzene rings is 2. The minimum Gasteiger partial charge on any atom is -0.423 e. The van der Waals surface area contributed by atoms with Gasteiger partial charge in [0.05, 0.1) is 18.8 Å². The van der Waals surface area contributed by atoms with Crippen molar-refractivity contribution in [3.05, 3.63) is 59.7 Å². The standard InChI is InChI=1S/C21H24N2O4/c1-16(24)22-19-6-8-20(9-7-19)27-21(25)18-4-2-17(3-5-18)10-11-23-12-14-26-15-13-23/h2-9H,10-15H2,1H3,(H,22,24). The molecule has 1 aliphatic heterocycles. The number of carbonyl (C=O) groups excluding carboxylic acids is 2. The van der Waals surface area contributed by atoms with Crippen molar-refractivity contribution in [2.24, 2.45) is 0 Å². The number of nitrogens with zero attached hydrogens (tertiary/aromatic N) is 1. The van der Waals surface area contributed by atoms with Gasteiger partial charge >= 0.3 is 5.97 Å². The first kappa shape index (κ1) is 19.1. The number of hydrogen-bond acceptors (Lipinski definition) is 5. The topological polar surface area (TPSA) is 67.9 Å². The molecular weight excluding hydrogens is 344 g/mol. The van der Waals surface area contributed by atoms with Crippen molar-refractivity contribution in [3.63, 3.8) is 0 Å². The van der Waals surface area contributed by atoms with E-state index in [1.807, 2.05) is 12.1 Å². The molecule has 1 N–H and O–H groups in total. The Morgan fingerprint density at radius 3 is 2.33 bits per heavy atom. The normalized spacial score (nSPS) is 14.6. The van der Waals surface area contributed by atoms with Crippen LogP contribution in [0.15, 0.2) is 48.5 Å². The summed E-state index contributed by atoms with van der Waals surface area (Å²) in [7, 11) is 0. The van der Waals surface area contributed by atoms with Gasteiger partial charge in [-0.25, -0.2) is 4.79 Å². The molecule has 0 aromatic heterocycles. The molecule has 0 unspecified atom stereocenters. The molecule has 0 atom stereocenters. The minimum absolute atomic E-state index is 0.145. The monoisotopic (exact) mass is 368 g/mol. The van der Waals surface area contributed by atoms with Gasteiger partial charge in [0.2, 0.25) is 5.91 Å². The van der Waals surface area contributed by atoms with E-state index in [1.165, 1.54) is 12.5 Å². The van der Waals surface area contributed by atoms with Crippen LogP contribution in [0, 0.1) is 0 Å². The van der Waals surface area contributed by atoms with E-state index in [0.29, 0.717) is 17.0 Å². The Labute approximate surface area is 159 Å². The van der Waals surface area contributed by atoms with E-state index < -0.39 is 5.97 Å². The molecule has 1 fully saturated rings. The van der Waals surface area contributed by atoms with Crippen molar-refractivity contribution < 1.29 is 19.1 Å². The average molecular weight is 368 g/mol. The molecule has 0 spiro atoms. The van der Waals surface area contributed by atoms with Crippen LogP contribution in [0.5, 0.6) is 5.75 Å². The molecule has 6 heteroatoms. The number of anilines is 1. The summed E-state index contributed by atoms with van der Waals surface area (Å²) in [4.78, 5) is 25.7. The Morgan fingerprint density at radius 2 is 1.70 bits per heavy atom. The van der Waals surface area contributed by atoms with Crippen molar-refractivity contribution in [2.75, 3.05) is 38.2 Å². The first-order chi connectivity index (χ1) is 13.1. The number of morpholine rings is 1. The first-order valence-electron chi connectivity index (χ1n) is 9.09. The highest BCUT2D eigenvalue weighted by molar-refractivity contribution is 5.91. The summed E-state index contributed by atoms with van der Waals surface area (Å²) >= 11 is 0. The summed E-state index contributed by atoms with van der Waals surface area (Å²) in [5, 5.41) is 2.67. The summed E-state index contributed by atoms with van der Waals surface area (Å²) in [5.74, 6) is -0.110. The van der Waals surface area contributed by atoms with Crippen molar-refractivity contribution in [2.45, 2.75) is 13.3 Å². The molecule has 0 aliphatic carbocycles. The number of hydrogen-bond donors (Lipinski definition) is 1. The third-order valence-corrected chi connectivity index (χ3v) is 4.40. The van der Waals surface area contributed by atoms with E-state index >= 15 is 0 Å². The highest BCUT2D eigenvalue weighted by Gasteiger charge is 2.11. The van der Waals surface area contributed by atoms with Gasteiger partial charge in [-0.1, -0.05) is 12.1 Å². The fourth-order valence-electron chi connectivity index (χ4n) is 2.90. The maximum atomic E-state index is 12.3. The lowest BCUT2D eigenvalue weighted by atomic mass is 10.1. The number of rotatable bonds is 6. The van der Waals surface area contributed by atoms with Crippen LogP contribution < -0.4 is 10.1 Å². The molecule has 2 aromatic carbocycles. The third-order valence-electron chi connectivity index (χ3n) is 4.40. The van der Waals surface area contributed by atoms with Gasteiger partial charge < -0.3 is 14.8 Å². The minimum atomic E-state index is -0.401. The molecule has 0 saturated carbocycles. The molecule has 0 radical (unpaired) electrons. The van der Waals surface area contributed by atoms with Gasteiger partial charge in [0, 0.05) is 32.2 Å². The maximum Gasteiger partial charge on any atom is 0.343 e. The summed E-state index contributed by atoms with van der Waals surface area (Å²) < 4.78 is 10.7. The van der Waals surface area contributed by atoms with E-state index in [-0.39, 0.29) is 5.91 Å². The number of nitrogens with one attached hydrogen (secondary N) is 1. The number of carbonyl (C=O) groups is 2. The van der Waals surface area contributed by atoms with E-state index in [9.17, 15) is 9.59 Å². The molecule has 2 aromatic rings. The molecule has 1 heterocycles. The molecule has 27 heavy (non-hydrogen) atoms. The second kappa shape index (κ2) is 9.30. The van der Waals surface area contributed by atoms with Crippen LogP contribution >= 0.6 is 0 Å². The van der Waals surface area contributed by atoms with Crippen LogP contribution in [-0.4, -0.2) is 49.6 Å². The Hall–Kier alpha value is -2.70. The third kappa shape index (κ3) is 5.91. The molecule has 1 aliphatic rings.